The third-order valence-electron chi connectivity index (χ3n) is 4.70. The molecule has 114 valence electrons. The van der Waals surface area contributed by atoms with E-state index in [2.05, 4.69) is 37.7 Å². The monoisotopic (exact) mass is 297 g/mol. The van der Waals surface area contributed by atoms with Crippen molar-refractivity contribution >= 4 is 11.6 Å². The average molecular weight is 298 g/mol. The van der Waals surface area contributed by atoms with E-state index < -0.39 is 0 Å². The number of aromatic nitrogens is 2. The van der Waals surface area contributed by atoms with Gasteiger partial charge in [0.05, 0.1) is 5.69 Å². The van der Waals surface area contributed by atoms with Crippen LogP contribution in [0.5, 0.6) is 0 Å². The Hall–Kier alpha value is -0.540. The molecule has 1 aromatic heterocycles. The summed E-state index contributed by atoms with van der Waals surface area (Å²) in [5, 5.41) is 5.20. The van der Waals surface area contributed by atoms with Gasteiger partial charge in [0.15, 0.2) is 0 Å². The molecule has 2 rings (SSSR count). The van der Waals surface area contributed by atoms with Crippen molar-refractivity contribution in [3.05, 3.63) is 16.4 Å². The lowest BCUT2D eigenvalue weighted by Gasteiger charge is -2.29. The van der Waals surface area contributed by atoms with Gasteiger partial charge in [0.2, 0.25) is 0 Å². The Kier molecular flexibility index (Phi) is 4.80. The Bertz CT molecular complexity index is 459. The van der Waals surface area contributed by atoms with Gasteiger partial charge in [-0.05, 0) is 50.6 Å². The van der Waals surface area contributed by atoms with Gasteiger partial charge in [0.1, 0.15) is 5.15 Å². The molecule has 0 saturated carbocycles. The Labute approximate surface area is 128 Å². The summed E-state index contributed by atoms with van der Waals surface area (Å²) in [5.74, 6) is 0.831. The predicted octanol–water partition coefficient (Wildman–Crippen LogP) is 4.03. The Morgan fingerprint density at radius 3 is 2.50 bits per heavy atom. The molecule has 2 heterocycles. The Morgan fingerprint density at radius 1 is 1.25 bits per heavy atom. The third kappa shape index (κ3) is 3.56. The van der Waals surface area contributed by atoms with E-state index in [-0.39, 0.29) is 0 Å². The fourth-order valence-corrected chi connectivity index (χ4v) is 3.49. The summed E-state index contributed by atoms with van der Waals surface area (Å²) in [4.78, 5) is 2.54. The van der Waals surface area contributed by atoms with Gasteiger partial charge in [-0.15, -0.1) is 0 Å². The van der Waals surface area contributed by atoms with E-state index in [1.807, 2.05) is 7.05 Å². The van der Waals surface area contributed by atoms with Crippen LogP contribution in [0.3, 0.4) is 0 Å². The lowest BCUT2D eigenvalue weighted by molar-refractivity contribution is 0.206. The normalized spacial score (nSPS) is 22.0. The van der Waals surface area contributed by atoms with Crippen LogP contribution in [0.1, 0.15) is 51.3 Å². The molecule has 0 radical (unpaired) electrons. The van der Waals surface area contributed by atoms with Gasteiger partial charge in [-0.3, -0.25) is 9.58 Å². The standard InChI is InChI=1S/C16H28ClN3/c1-12-14(15(17)19(5)18-12)11-20-9-6-7-13(8-10-20)16(2,3)4/h13H,6-11H2,1-5H3. The van der Waals surface area contributed by atoms with Crippen LogP contribution in [0.4, 0.5) is 0 Å². The van der Waals surface area contributed by atoms with Crippen LogP contribution >= 0.6 is 11.6 Å². The first-order valence-electron chi connectivity index (χ1n) is 7.69. The summed E-state index contributed by atoms with van der Waals surface area (Å²) in [6.45, 7) is 12.5. The summed E-state index contributed by atoms with van der Waals surface area (Å²) in [7, 11) is 1.91. The summed E-state index contributed by atoms with van der Waals surface area (Å²) < 4.78 is 1.78. The minimum Gasteiger partial charge on any atom is -0.299 e. The molecular weight excluding hydrogens is 270 g/mol. The van der Waals surface area contributed by atoms with E-state index in [1.54, 1.807) is 4.68 Å². The first kappa shape index (κ1) is 15.8. The smallest absolute Gasteiger partial charge is 0.131 e. The number of hydrogen-bond acceptors (Lipinski definition) is 2. The summed E-state index contributed by atoms with van der Waals surface area (Å²) in [6, 6.07) is 0. The Morgan fingerprint density at radius 2 is 1.95 bits per heavy atom. The predicted molar refractivity (Wildman–Crippen MR) is 85.0 cm³/mol. The molecule has 1 atom stereocenters. The zero-order valence-corrected chi connectivity index (χ0v) is 14.3. The van der Waals surface area contributed by atoms with Crippen molar-refractivity contribution in [2.75, 3.05) is 13.1 Å². The maximum absolute atomic E-state index is 6.35. The number of nitrogens with zero attached hydrogens (tertiary/aromatic N) is 3. The van der Waals surface area contributed by atoms with E-state index >= 15 is 0 Å². The van der Waals surface area contributed by atoms with Crippen molar-refractivity contribution in [2.24, 2.45) is 18.4 Å². The highest BCUT2D eigenvalue weighted by atomic mass is 35.5. The van der Waals surface area contributed by atoms with Crippen molar-refractivity contribution in [2.45, 2.75) is 53.5 Å². The molecule has 1 fully saturated rings. The molecule has 0 spiro atoms. The lowest BCUT2D eigenvalue weighted by atomic mass is 9.77. The van der Waals surface area contributed by atoms with Crippen molar-refractivity contribution in [1.82, 2.24) is 14.7 Å². The maximum atomic E-state index is 6.35. The largest absolute Gasteiger partial charge is 0.299 e. The first-order valence-corrected chi connectivity index (χ1v) is 8.07. The molecule has 1 aromatic rings. The summed E-state index contributed by atoms with van der Waals surface area (Å²) >= 11 is 6.35. The van der Waals surface area contributed by atoms with Gasteiger partial charge < -0.3 is 0 Å². The van der Waals surface area contributed by atoms with E-state index in [1.165, 1.54) is 37.9 Å². The topological polar surface area (TPSA) is 21.1 Å². The van der Waals surface area contributed by atoms with Gasteiger partial charge >= 0.3 is 0 Å². The molecule has 0 aliphatic carbocycles. The van der Waals surface area contributed by atoms with Gasteiger partial charge in [-0.25, -0.2) is 0 Å². The second kappa shape index (κ2) is 6.07. The molecule has 3 nitrogen and oxygen atoms in total. The number of rotatable bonds is 2. The number of likely N-dealkylation sites (tertiary alicyclic amines) is 1. The number of aryl methyl sites for hydroxylation is 2. The summed E-state index contributed by atoms with van der Waals surface area (Å²) in [6.07, 6.45) is 3.93. The molecule has 0 bridgehead atoms. The van der Waals surface area contributed by atoms with Crippen molar-refractivity contribution in [3.63, 3.8) is 0 Å². The molecule has 0 aromatic carbocycles. The molecule has 1 aliphatic rings. The average Bonchev–Trinajstić information content (AvgIpc) is 2.57. The minimum absolute atomic E-state index is 0.428. The quantitative estimate of drug-likeness (QED) is 0.822. The SMILES string of the molecule is Cc1nn(C)c(Cl)c1CN1CCCC(C(C)(C)C)CC1. The maximum Gasteiger partial charge on any atom is 0.131 e. The van der Waals surface area contributed by atoms with Gasteiger partial charge in [0.25, 0.3) is 0 Å². The lowest BCUT2D eigenvalue weighted by Crippen LogP contribution is -2.26. The highest BCUT2D eigenvalue weighted by molar-refractivity contribution is 6.30. The van der Waals surface area contributed by atoms with Crippen molar-refractivity contribution in [1.29, 1.82) is 0 Å². The molecule has 1 saturated heterocycles. The fourth-order valence-electron chi connectivity index (χ4n) is 3.26. The van der Waals surface area contributed by atoms with Crippen LogP contribution in [-0.2, 0) is 13.6 Å². The van der Waals surface area contributed by atoms with Crippen molar-refractivity contribution in [3.8, 4) is 0 Å². The first-order chi connectivity index (χ1) is 9.29. The molecule has 20 heavy (non-hydrogen) atoms. The van der Waals surface area contributed by atoms with Crippen LogP contribution < -0.4 is 0 Å². The van der Waals surface area contributed by atoms with E-state index in [0.717, 1.165) is 23.3 Å². The second-order valence-electron chi connectivity index (χ2n) is 7.25. The third-order valence-corrected chi connectivity index (χ3v) is 5.17. The highest BCUT2D eigenvalue weighted by Crippen LogP contribution is 2.34. The summed E-state index contributed by atoms with van der Waals surface area (Å²) in [5.41, 5.74) is 2.69. The fraction of sp³-hybridized carbons (Fsp3) is 0.812. The zero-order chi connectivity index (χ0) is 14.9. The minimum atomic E-state index is 0.428. The van der Waals surface area contributed by atoms with Crippen LogP contribution in [-0.4, -0.2) is 27.8 Å². The van der Waals surface area contributed by atoms with E-state index in [0.29, 0.717) is 5.41 Å². The molecule has 0 amide bonds. The molecule has 4 heteroatoms. The van der Waals surface area contributed by atoms with Gasteiger partial charge in [-0.1, -0.05) is 32.4 Å². The van der Waals surface area contributed by atoms with Crippen LogP contribution in [0.2, 0.25) is 5.15 Å². The highest BCUT2D eigenvalue weighted by Gasteiger charge is 2.27. The van der Waals surface area contributed by atoms with E-state index in [4.69, 9.17) is 11.6 Å². The Balaban J connectivity index is 2.01. The molecular formula is C16H28ClN3. The molecule has 0 N–H and O–H groups in total. The van der Waals surface area contributed by atoms with Crippen LogP contribution in [0, 0.1) is 18.3 Å². The van der Waals surface area contributed by atoms with Crippen LogP contribution in [0.25, 0.3) is 0 Å². The number of hydrogen-bond donors (Lipinski definition) is 0. The second-order valence-corrected chi connectivity index (χ2v) is 7.61. The van der Waals surface area contributed by atoms with Gasteiger partial charge in [-0.2, -0.15) is 5.10 Å². The van der Waals surface area contributed by atoms with Gasteiger partial charge in [0, 0.05) is 19.2 Å². The molecule has 1 aliphatic heterocycles. The van der Waals surface area contributed by atoms with Crippen molar-refractivity contribution < 1.29 is 0 Å². The zero-order valence-electron chi connectivity index (χ0n) is 13.5. The molecule has 1 unspecified atom stereocenters. The number of halogens is 1. The van der Waals surface area contributed by atoms with Crippen LogP contribution in [0.15, 0.2) is 0 Å². The van der Waals surface area contributed by atoms with E-state index in [9.17, 15) is 0 Å².